The highest BCUT2D eigenvalue weighted by Gasteiger charge is 2.24. The summed E-state index contributed by atoms with van der Waals surface area (Å²) in [7, 11) is 0. The normalized spacial score (nSPS) is 10.4. The predicted molar refractivity (Wildman–Crippen MR) is 96.5 cm³/mol. The molecule has 0 aromatic heterocycles. The van der Waals surface area contributed by atoms with Gasteiger partial charge >= 0.3 is 13.0 Å². The first kappa shape index (κ1) is 27.5. The lowest BCUT2D eigenvalue weighted by Gasteiger charge is -2.20. The molecule has 8 nitrogen and oxygen atoms in total. The standard InChI is InChI=1S/C10H24NO3PS.C2H7N.CH2O3/c1-5-11(6-2)9-10-16-15(12,13-7-3)14-8-4;1-2-3;2-1(3)4/h5-10H2,1-4H3;2-3H2,1H3;(H2,2,3,4). The van der Waals surface area contributed by atoms with E-state index in [1.807, 2.05) is 20.8 Å². The highest BCUT2D eigenvalue weighted by Crippen LogP contribution is 2.60. The lowest BCUT2D eigenvalue weighted by Crippen LogP contribution is -2.25. The molecule has 0 aliphatic carbocycles. The topological polar surface area (TPSA) is 122 Å². The number of carbonyl (C=O) groups is 1. The second-order valence-corrected chi connectivity index (χ2v) is 8.03. The molecule has 10 heteroatoms. The third kappa shape index (κ3) is 24.1. The van der Waals surface area contributed by atoms with Gasteiger partial charge in [-0.1, -0.05) is 20.8 Å². The van der Waals surface area contributed by atoms with E-state index < -0.39 is 13.0 Å². The lowest BCUT2D eigenvalue weighted by molar-refractivity contribution is 0.137. The summed E-state index contributed by atoms with van der Waals surface area (Å²) < 4.78 is 22.5. The van der Waals surface area contributed by atoms with Crippen LogP contribution in [0.1, 0.15) is 34.6 Å². The minimum Gasteiger partial charge on any atom is -0.450 e. The third-order valence-corrected chi connectivity index (χ3v) is 6.08. The summed E-state index contributed by atoms with van der Waals surface area (Å²) in [5.74, 6) is 0.777. The number of rotatable bonds is 10. The highest BCUT2D eigenvalue weighted by molar-refractivity contribution is 8.55. The van der Waals surface area contributed by atoms with Gasteiger partial charge in [0.1, 0.15) is 0 Å². The van der Waals surface area contributed by atoms with Crippen molar-refractivity contribution < 1.29 is 28.6 Å². The Labute approximate surface area is 144 Å². The summed E-state index contributed by atoms with van der Waals surface area (Å²) in [4.78, 5) is 10.8. The van der Waals surface area contributed by atoms with E-state index in [1.54, 1.807) is 0 Å². The molecule has 0 saturated carbocycles. The van der Waals surface area contributed by atoms with Crippen molar-refractivity contribution in [2.75, 3.05) is 45.1 Å². The Hall–Kier alpha value is -0.310. The molecule has 0 aromatic rings. The largest absolute Gasteiger partial charge is 0.503 e. The van der Waals surface area contributed by atoms with Crippen LogP contribution in [0.25, 0.3) is 0 Å². The molecule has 0 unspecified atom stereocenters. The number of carboxylic acid groups (broad SMARTS) is 2. The van der Waals surface area contributed by atoms with Crippen LogP contribution in [0, 0.1) is 0 Å². The van der Waals surface area contributed by atoms with Crippen molar-refractivity contribution in [1.82, 2.24) is 4.90 Å². The van der Waals surface area contributed by atoms with Crippen LogP contribution in [0.15, 0.2) is 0 Å². The van der Waals surface area contributed by atoms with Gasteiger partial charge in [-0.3, -0.25) is 0 Å². The predicted octanol–water partition coefficient (Wildman–Crippen LogP) is 3.43. The van der Waals surface area contributed by atoms with Gasteiger partial charge in [0.2, 0.25) is 0 Å². The quantitative estimate of drug-likeness (QED) is 0.492. The Morgan fingerprint density at radius 3 is 1.70 bits per heavy atom. The second kappa shape index (κ2) is 19.7. The molecule has 0 bridgehead atoms. The van der Waals surface area contributed by atoms with Crippen molar-refractivity contribution >= 4 is 24.3 Å². The van der Waals surface area contributed by atoms with Gasteiger partial charge < -0.3 is 29.9 Å². The fourth-order valence-corrected chi connectivity index (χ4v) is 4.66. The van der Waals surface area contributed by atoms with E-state index in [0.29, 0.717) is 13.2 Å². The minimum atomic E-state index is -2.91. The lowest BCUT2D eigenvalue weighted by atomic mass is 10.5. The zero-order valence-electron chi connectivity index (χ0n) is 14.9. The van der Waals surface area contributed by atoms with Gasteiger partial charge in [0, 0.05) is 12.3 Å². The van der Waals surface area contributed by atoms with Crippen molar-refractivity contribution in [3.63, 3.8) is 0 Å². The second-order valence-electron chi connectivity index (χ2n) is 3.83. The van der Waals surface area contributed by atoms with E-state index in [0.717, 1.165) is 31.9 Å². The van der Waals surface area contributed by atoms with Crippen LogP contribution in [-0.4, -0.2) is 66.4 Å². The molecule has 0 fully saturated rings. The summed E-state index contributed by atoms with van der Waals surface area (Å²) in [5, 5.41) is 13.9. The van der Waals surface area contributed by atoms with Gasteiger partial charge in [0.15, 0.2) is 0 Å². The summed E-state index contributed by atoms with van der Waals surface area (Å²) in [6.07, 6.45) is -1.83. The average Bonchev–Trinajstić information content (AvgIpc) is 2.44. The SMILES string of the molecule is CCN.CCOP(=O)(OCC)SCCN(CC)CC.O=C(O)O. The molecule has 0 aromatic carbocycles. The van der Waals surface area contributed by atoms with Crippen molar-refractivity contribution in [2.24, 2.45) is 5.73 Å². The van der Waals surface area contributed by atoms with E-state index in [9.17, 15) is 4.57 Å². The summed E-state index contributed by atoms with van der Waals surface area (Å²) in [5.41, 5.74) is 4.85. The van der Waals surface area contributed by atoms with Crippen LogP contribution >= 0.6 is 18.2 Å². The maximum atomic E-state index is 12.1. The van der Waals surface area contributed by atoms with E-state index >= 15 is 0 Å². The zero-order chi connectivity index (χ0) is 18.7. The van der Waals surface area contributed by atoms with Gasteiger partial charge in [0.25, 0.3) is 0 Å². The summed E-state index contributed by atoms with van der Waals surface area (Å²) >= 11 is 1.30. The Kier molecular flexibility index (Phi) is 23.6. The monoisotopic (exact) mass is 376 g/mol. The molecule has 0 heterocycles. The number of nitrogens with zero attached hydrogens (tertiary/aromatic N) is 1. The molecule has 4 N–H and O–H groups in total. The van der Waals surface area contributed by atoms with E-state index in [4.69, 9.17) is 29.8 Å². The molecule has 0 atom stereocenters. The Bertz CT molecular complexity index is 292. The Morgan fingerprint density at radius 2 is 1.43 bits per heavy atom. The Morgan fingerprint density at radius 1 is 1.09 bits per heavy atom. The maximum Gasteiger partial charge on any atom is 0.503 e. The van der Waals surface area contributed by atoms with Gasteiger partial charge in [-0.05, 0) is 44.9 Å². The Balaban J connectivity index is -0.000000480. The van der Waals surface area contributed by atoms with Crippen molar-refractivity contribution in [3.05, 3.63) is 0 Å². The van der Waals surface area contributed by atoms with Gasteiger partial charge in [-0.2, -0.15) is 0 Å². The van der Waals surface area contributed by atoms with E-state index in [2.05, 4.69) is 18.7 Å². The smallest absolute Gasteiger partial charge is 0.450 e. The molecule has 0 aliphatic heterocycles. The molecular weight excluding hydrogens is 343 g/mol. The van der Waals surface area contributed by atoms with Crippen LogP contribution in [0.5, 0.6) is 0 Å². The zero-order valence-corrected chi connectivity index (χ0v) is 16.6. The van der Waals surface area contributed by atoms with Crippen molar-refractivity contribution in [3.8, 4) is 0 Å². The summed E-state index contributed by atoms with van der Waals surface area (Å²) in [6, 6.07) is 0. The molecule has 0 spiro atoms. The van der Waals surface area contributed by atoms with E-state index in [1.165, 1.54) is 11.4 Å². The molecule has 0 aliphatic rings. The summed E-state index contributed by atoms with van der Waals surface area (Å²) in [6.45, 7) is 11.5. The van der Waals surface area contributed by atoms with Crippen LogP contribution in [-0.2, 0) is 13.6 Å². The molecule has 0 saturated heterocycles. The third-order valence-electron chi connectivity index (χ3n) is 2.13. The fraction of sp³-hybridized carbons (Fsp3) is 0.923. The van der Waals surface area contributed by atoms with Gasteiger partial charge in [0.05, 0.1) is 13.2 Å². The maximum absolute atomic E-state index is 12.1. The average molecular weight is 376 g/mol. The van der Waals surface area contributed by atoms with Crippen LogP contribution in [0.4, 0.5) is 4.79 Å². The molecule has 0 amide bonds. The first-order valence-corrected chi connectivity index (χ1v) is 10.8. The number of hydrogen-bond donors (Lipinski definition) is 3. The fourth-order valence-electron chi connectivity index (χ4n) is 1.25. The molecule has 0 radical (unpaired) electrons. The molecule has 23 heavy (non-hydrogen) atoms. The molecular formula is C13H33N2O6PS. The first-order chi connectivity index (χ1) is 10.8. The number of hydrogen-bond acceptors (Lipinski definition) is 7. The van der Waals surface area contributed by atoms with Crippen LogP contribution in [0.3, 0.4) is 0 Å². The van der Waals surface area contributed by atoms with Gasteiger partial charge in [-0.15, -0.1) is 0 Å². The highest BCUT2D eigenvalue weighted by atomic mass is 32.7. The van der Waals surface area contributed by atoms with Crippen LogP contribution < -0.4 is 5.73 Å². The van der Waals surface area contributed by atoms with Crippen LogP contribution in [0.2, 0.25) is 0 Å². The molecule has 0 rings (SSSR count). The van der Waals surface area contributed by atoms with Crippen molar-refractivity contribution in [2.45, 2.75) is 34.6 Å². The number of nitrogens with two attached hydrogens (primary N) is 1. The minimum absolute atomic E-state index is 0.426. The van der Waals surface area contributed by atoms with Gasteiger partial charge in [-0.25, -0.2) is 9.36 Å². The molecule has 142 valence electrons. The van der Waals surface area contributed by atoms with Crippen molar-refractivity contribution in [1.29, 1.82) is 0 Å². The first-order valence-electron chi connectivity index (χ1n) is 7.64. The van der Waals surface area contributed by atoms with E-state index in [-0.39, 0.29) is 0 Å².